The minimum absolute atomic E-state index is 0.260. The second-order valence-corrected chi connectivity index (χ2v) is 5.71. The van der Waals surface area contributed by atoms with Gasteiger partial charge >= 0.3 is 6.18 Å². The predicted molar refractivity (Wildman–Crippen MR) is 79.5 cm³/mol. The highest BCUT2D eigenvalue weighted by Gasteiger charge is 2.34. The van der Waals surface area contributed by atoms with Gasteiger partial charge in [-0.2, -0.15) is 13.2 Å². The van der Waals surface area contributed by atoms with Crippen LogP contribution < -0.4 is 10.2 Å². The quantitative estimate of drug-likeness (QED) is 0.792. The van der Waals surface area contributed by atoms with Gasteiger partial charge in [-0.1, -0.05) is 13.0 Å². The normalized spacial score (nSPS) is 15.9. The van der Waals surface area contributed by atoms with Gasteiger partial charge in [0.1, 0.15) is 0 Å². The Morgan fingerprint density at radius 3 is 2.52 bits per heavy atom. The van der Waals surface area contributed by atoms with E-state index in [9.17, 15) is 13.2 Å². The third-order valence-corrected chi connectivity index (χ3v) is 4.17. The smallest absolute Gasteiger partial charge is 0.372 e. The molecule has 0 heterocycles. The molecule has 0 aliphatic heterocycles. The Morgan fingerprint density at radius 2 is 2.00 bits per heavy atom. The summed E-state index contributed by atoms with van der Waals surface area (Å²) in [6.07, 6.45) is -0.0982. The minimum Gasteiger partial charge on any atom is -0.372 e. The van der Waals surface area contributed by atoms with Gasteiger partial charge in [0.05, 0.1) is 5.56 Å². The molecule has 0 spiro atoms. The maximum absolute atomic E-state index is 13.3. The van der Waals surface area contributed by atoms with Crippen LogP contribution in [0.1, 0.15) is 43.7 Å². The van der Waals surface area contributed by atoms with Crippen molar-refractivity contribution in [1.29, 1.82) is 0 Å². The Kier molecular flexibility index (Phi) is 5.14. The summed E-state index contributed by atoms with van der Waals surface area (Å²) >= 11 is 0. The average Bonchev–Trinajstić information content (AvgIpc) is 2.36. The number of anilines is 1. The van der Waals surface area contributed by atoms with Crippen molar-refractivity contribution in [2.75, 3.05) is 18.5 Å². The summed E-state index contributed by atoms with van der Waals surface area (Å²) in [6.45, 7) is 2.98. The van der Waals surface area contributed by atoms with E-state index < -0.39 is 11.7 Å². The van der Waals surface area contributed by atoms with Crippen LogP contribution in [0.4, 0.5) is 18.9 Å². The summed E-state index contributed by atoms with van der Waals surface area (Å²) in [4.78, 5) is 1.97. The molecule has 1 saturated carbocycles. The third kappa shape index (κ3) is 3.90. The number of halogens is 3. The maximum atomic E-state index is 13.3. The number of rotatable bonds is 6. The lowest BCUT2D eigenvalue weighted by Gasteiger charge is -2.36. The highest BCUT2D eigenvalue weighted by atomic mass is 19.4. The number of hydrogen-bond donors (Lipinski definition) is 1. The van der Waals surface area contributed by atoms with Crippen LogP contribution in [0, 0.1) is 0 Å². The maximum Gasteiger partial charge on any atom is 0.416 e. The van der Waals surface area contributed by atoms with E-state index in [0.717, 1.165) is 25.8 Å². The fourth-order valence-corrected chi connectivity index (χ4v) is 2.59. The Balaban J connectivity index is 2.21. The van der Waals surface area contributed by atoms with Gasteiger partial charge in [0.2, 0.25) is 0 Å². The van der Waals surface area contributed by atoms with Crippen LogP contribution in [-0.2, 0) is 12.7 Å². The summed E-state index contributed by atoms with van der Waals surface area (Å²) in [6, 6.07) is 5.09. The summed E-state index contributed by atoms with van der Waals surface area (Å²) in [5.74, 6) is 0. The molecule has 21 heavy (non-hydrogen) atoms. The van der Waals surface area contributed by atoms with Crippen LogP contribution in [-0.4, -0.2) is 19.6 Å². The highest BCUT2D eigenvalue weighted by molar-refractivity contribution is 5.52. The third-order valence-electron chi connectivity index (χ3n) is 4.17. The number of benzene rings is 1. The Labute approximate surface area is 124 Å². The SMILES string of the molecule is CCCNCc1ccc(N(C)C2CCC2)cc1C(F)(F)F. The molecular weight excluding hydrogens is 277 g/mol. The Bertz CT molecular complexity index is 467. The summed E-state index contributed by atoms with van der Waals surface area (Å²) in [7, 11) is 1.88. The van der Waals surface area contributed by atoms with Gasteiger partial charge in [0, 0.05) is 25.3 Å². The molecule has 5 heteroatoms. The molecule has 0 aromatic heterocycles. The zero-order valence-electron chi connectivity index (χ0n) is 12.6. The lowest BCUT2D eigenvalue weighted by Crippen LogP contribution is -2.37. The first-order valence-electron chi connectivity index (χ1n) is 7.57. The van der Waals surface area contributed by atoms with Gasteiger partial charge in [-0.25, -0.2) is 0 Å². The first-order valence-corrected chi connectivity index (χ1v) is 7.57. The van der Waals surface area contributed by atoms with Crippen LogP contribution in [0.15, 0.2) is 18.2 Å². The van der Waals surface area contributed by atoms with Crippen molar-refractivity contribution >= 4 is 5.69 Å². The van der Waals surface area contributed by atoms with E-state index in [4.69, 9.17) is 0 Å². The van der Waals surface area contributed by atoms with Crippen molar-refractivity contribution in [3.63, 3.8) is 0 Å². The van der Waals surface area contributed by atoms with E-state index in [2.05, 4.69) is 5.32 Å². The number of alkyl halides is 3. The van der Waals surface area contributed by atoms with E-state index in [1.54, 1.807) is 12.1 Å². The van der Waals surface area contributed by atoms with Crippen LogP contribution in [0.5, 0.6) is 0 Å². The van der Waals surface area contributed by atoms with E-state index >= 15 is 0 Å². The lowest BCUT2D eigenvalue weighted by molar-refractivity contribution is -0.138. The van der Waals surface area contributed by atoms with Crippen LogP contribution in [0.25, 0.3) is 0 Å². The molecule has 0 unspecified atom stereocenters. The molecule has 1 fully saturated rings. The van der Waals surface area contributed by atoms with Gasteiger partial charge < -0.3 is 10.2 Å². The Morgan fingerprint density at radius 1 is 1.29 bits per heavy atom. The molecule has 2 rings (SSSR count). The van der Waals surface area contributed by atoms with Gasteiger partial charge in [-0.3, -0.25) is 0 Å². The largest absolute Gasteiger partial charge is 0.416 e. The van der Waals surface area contributed by atoms with Gasteiger partial charge in [-0.05, 0) is 49.9 Å². The first-order chi connectivity index (χ1) is 9.93. The molecule has 1 aromatic carbocycles. The second kappa shape index (κ2) is 6.69. The van der Waals surface area contributed by atoms with Crippen molar-refractivity contribution in [2.24, 2.45) is 0 Å². The van der Waals surface area contributed by atoms with Crippen molar-refractivity contribution in [1.82, 2.24) is 5.32 Å². The lowest BCUT2D eigenvalue weighted by atomic mass is 9.91. The average molecular weight is 300 g/mol. The first kappa shape index (κ1) is 16.1. The fraction of sp³-hybridized carbons (Fsp3) is 0.625. The molecule has 0 amide bonds. The monoisotopic (exact) mass is 300 g/mol. The van der Waals surface area contributed by atoms with Gasteiger partial charge in [0.15, 0.2) is 0 Å². The molecule has 1 N–H and O–H groups in total. The zero-order valence-corrected chi connectivity index (χ0v) is 12.6. The highest BCUT2D eigenvalue weighted by Crippen LogP contribution is 2.36. The van der Waals surface area contributed by atoms with Gasteiger partial charge in [0.25, 0.3) is 0 Å². The molecule has 0 saturated heterocycles. The molecule has 2 nitrogen and oxygen atoms in total. The molecular formula is C16H23F3N2. The van der Waals surface area contributed by atoms with E-state index in [0.29, 0.717) is 17.3 Å². The van der Waals surface area contributed by atoms with Crippen molar-refractivity contribution in [3.05, 3.63) is 29.3 Å². The molecule has 1 aromatic rings. The van der Waals surface area contributed by atoms with Crippen molar-refractivity contribution in [2.45, 2.75) is 51.4 Å². The molecule has 0 radical (unpaired) electrons. The number of nitrogens with zero attached hydrogens (tertiary/aromatic N) is 1. The molecule has 1 aliphatic rings. The standard InChI is InChI=1S/C16H23F3N2/c1-3-9-20-11-12-7-8-14(10-15(12)16(17,18)19)21(2)13-5-4-6-13/h7-8,10,13,20H,3-6,9,11H2,1-2H3. The topological polar surface area (TPSA) is 15.3 Å². The van der Waals surface area contributed by atoms with E-state index in [1.807, 2.05) is 18.9 Å². The van der Waals surface area contributed by atoms with Crippen molar-refractivity contribution < 1.29 is 13.2 Å². The van der Waals surface area contributed by atoms with E-state index in [-0.39, 0.29) is 6.54 Å². The molecule has 1 aliphatic carbocycles. The zero-order chi connectivity index (χ0) is 15.5. The van der Waals surface area contributed by atoms with Crippen LogP contribution in [0.2, 0.25) is 0 Å². The summed E-state index contributed by atoms with van der Waals surface area (Å²) < 4.78 is 39.8. The van der Waals surface area contributed by atoms with E-state index in [1.165, 1.54) is 12.5 Å². The molecule has 0 atom stereocenters. The Hall–Kier alpha value is -1.23. The minimum atomic E-state index is -4.31. The molecule has 118 valence electrons. The number of hydrogen-bond acceptors (Lipinski definition) is 2. The summed E-state index contributed by atoms with van der Waals surface area (Å²) in [5.41, 5.74) is 0.461. The predicted octanol–water partition coefficient (Wildman–Crippen LogP) is 4.19. The van der Waals surface area contributed by atoms with Crippen LogP contribution >= 0.6 is 0 Å². The summed E-state index contributed by atoms with van der Waals surface area (Å²) in [5, 5.41) is 3.04. The molecule has 0 bridgehead atoms. The van der Waals surface area contributed by atoms with Crippen LogP contribution in [0.3, 0.4) is 0 Å². The van der Waals surface area contributed by atoms with Gasteiger partial charge in [-0.15, -0.1) is 0 Å². The second-order valence-electron chi connectivity index (χ2n) is 5.71. The number of nitrogens with one attached hydrogen (secondary N) is 1. The van der Waals surface area contributed by atoms with Crippen molar-refractivity contribution in [3.8, 4) is 0 Å². The fourth-order valence-electron chi connectivity index (χ4n) is 2.59.